The molecule has 0 fully saturated rings. The standard InChI is InChI=1S/C11H13NO6/c1-7-4-3-5-8(9(7)12(16)17)18-6-11(2,15)10(13)14/h3-5,15H,6H2,1-2H3,(H,13,14). The summed E-state index contributed by atoms with van der Waals surface area (Å²) < 4.78 is 5.03. The Bertz CT molecular complexity index is 482. The van der Waals surface area contributed by atoms with Crippen LogP contribution in [0.5, 0.6) is 5.75 Å². The summed E-state index contributed by atoms with van der Waals surface area (Å²) in [5, 5.41) is 29.0. The van der Waals surface area contributed by atoms with Gasteiger partial charge in [0.2, 0.25) is 0 Å². The highest BCUT2D eigenvalue weighted by atomic mass is 16.6. The lowest BCUT2D eigenvalue weighted by molar-refractivity contribution is -0.386. The molecule has 0 spiro atoms. The molecule has 0 bridgehead atoms. The highest BCUT2D eigenvalue weighted by Crippen LogP contribution is 2.30. The summed E-state index contributed by atoms with van der Waals surface area (Å²) >= 11 is 0. The van der Waals surface area contributed by atoms with Gasteiger partial charge in [-0.05, 0) is 19.9 Å². The summed E-state index contributed by atoms with van der Waals surface area (Å²) in [5.41, 5.74) is -1.94. The van der Waals surface area contributed by atoms with E-state index in [1.54, 1.807) is 19.1 Å². The summed E-state index contributed by atoms with van der Waals surface area (Å²) in [7, 11) is 0. The van der Waals surface area contributed by atoms with Crippen LogP contribution >= 0.6 is 0 Å². The maximum absolute atomic E-state index is 10.8. The van der Waals surface area contributed by atoms with E-state index in [1.165, 1.54) is 6.07 Å². The zero-order chi connectivity index (χ0) is 13.9. The molecular weight excluding hydrogens is 242 g/mol. The summed E-state index contributed by atoms with van der Waals surface area (Å²) in [6.45, 7) is 2.02. The molecule has 7 heteroatoms. The van der Waals surface area contributed by atoms with Crippen LogP contribution in [0.15, 0.2) is 18.2 Å². The molecule has 1 rings (SSSR count). The van der Waals surface area contributed by atoms with Crippen LogP contribution in [0.25, 0.3) is 0 Å². The van der Waals surface area contributed by atoms with E-state index >= 15 is 0 Å². The number of rotatable bonds is 5. The molecule has 0 aliphatic carbocycles. The summed E-state index contributed by atoms with van der Waals surface area (Å²) in [6.07, 6.45) is 0. The third-order valence-electron chi connectivity index (χ3n) is 2.35. The van der Waals surface area contributed by atoms with Crippen molar-refractivity contribution in [3.05, 3.63) is 33.9 Å². The van der Waals surface area contributed by atoms with Gasteiger partial charge in [-0.1, -0.05) is 12.1 Å². The van der Waals surface area contributed by atoms with Gasteiger partial charge in [0.05, 0.1) is 4.92 Å². The fourth-order valence-electron chi connectivity index (χ4n) is 1.26. The maximum Gasteiger partial charge on any atom is 0.339 e. The number of hydrogen-bond acceptors (Lipinski definition) is 5. The average Bonchev–Trinajstić information content (AvgIpc) is 2.25. The van der Waals surface area contributed by atoms with E-state index in [1.807, 2.05) is 0 Å². The first-order valence-corrected chi connectivity index (χ1v) is 5.08. The van der Waals surface area contributed by atoms with Gasteiger partial charge in [0.1, 0.15) is 6.61 Å². The molecule has 7 nitrogen and oxygen atoms in total. The molecule has 18 heavy (non-hydrogen) atoms. The van der Waals surface area contributed by atoms with Crippen LogP contribution < -0.4 is 4.74 Å². The molecule has 1 unspecified atom stereocenters. The number of ether oxygens (including phenoxy) is 1. The highest BCUT2D eigenvalue weighted by Gasteiger charge is 2.32. The summed E-state index contributed by atoms with van der Waals surface area (Å²) in [6, 6.07) is 4.44. The Balaban J connectivity index is 2.96. The zero-order valence-corrected chi connectivity index (χ0v) is 9.91. The number of carbonyl (C=O) groups is 1. The molecule has 0 aliphatic rings. The number of aryl methyl sites for hydroxylation is 1. The highest BCUT2D eigenvalue weighted by molar-refractivity contribution is 5.76. The third-order valence-corrected chi connectivity index (χ3v) is 2.35. The number of aliphatic carboxylic acids is 1. The van der Waals surface area contributed by atoms with Gasteiger partial charge < -0.3 is 14.9 Å². The SMILES string of the molecule is Cc1cccc(OCC(C)(O)C(=O)O)c1[N+](=O)[O-]. The van der Waals surface area contributed by atoms with E-state index in [2.05, 4.69) is 0 Å². The lowest BCUT2D eigenvalue weighted by Crippen LogP contribution is -2.41. The first-order chi connectivity index (χ1) is 8.25. The first-order valence-electron chi connectivity index (χ1n) is 5.08. The smallest absolute Gasteiger partial charge is 0.339 e. The number of nitro groups is 1. The number of carboxylic acids is 1. The van der Waals surface area contributed by atoms with Crippen molar-refractivity contribution in [1.29, 1.82) is 0 Å². The van der Waals surface area contributed by atoms with Crippen LogP contribution in [0.2, 0.25) is 0 Å². The number of carboxylic acid groups (broad SMARTS) is 1. The van der Waals surface area contributed by atoms with Crippen LogP contribution in [-0.2, 0) is 4.79 Å². The van der Waals surface area contributed by atoms with Gasteiger partial charge in [0.15, 0.2) is 11.4 Å². The van der Waals surface area contributed by atoms with Crippen molar-refractivity contribution in [2.45, 2.75) is 19.4 Å². The van der Waals surface area contributed by atoms with Crippen molar-refractivity contribution < 1.29 is 24.7 Å². The van der Waals surface area contributed by atoms with Crippen LogP contribution in [0.3, 0.4) is 0 Å². The Kier molecular flexibility index (Phi) is 3.87. The minimum absolute atomic E-state index is 0.0680. The van der Waals surface area contributed by atoms with Gasteiger partial charge >= 0.3 is 11.7 Å². The van der Waals surface area contributed by atoms with E-state index in [9.17, 15) is 20.0 Å². The largest absolute Gasteiger partial charge is 0.483 e. The van der Waals surface area contributed by atoms with Crippen LogP contribution in [0.1, 0.15) is 12.5 Å². The van der Waals surface area contributed by atoms with Gasteiger partial charge in [0, 0.05) is 5.56 Å². The molecule has 98 valence electrons. The number of benzene rings is 1. The minimum Gasteiger partial charge on any atom is -0.483 e. The number of para-hydroxylation sites is 1. The average molecular weight is 255 g/mol. The van der Waals surface area contributed by atoms with Gasteiger partial charge in [0.25, 0.3) is 0 Å². The minimum atomic E-state index is -2.10. The Morgan fingerprint density at radius 1 is 1.56 bits per heavy atom. The van der Waals surface area contributed by atoms with Crippen molar-refractivity contribution in [1.82, 2.24) is 0 Å². The van der Waals surface area contributed by atoms with Gasteiger partial charge in [-0.3, -0.25) is 10.1 Å². The van der Waals surface area contributed by atoms with E-state index in [0.29, 0.717) is 5.56 Å². The molecule has 0 aliphatic heterocycles. The van der Waals surface area contributed by atoms with Gasteiger partial charge in [-0.25, -0.2) is 4.79 Å². The van der Waals surface area contributed by atoms with Crippen molar-refractivity contribution >= 4 is 11.7 Å². The Morgan fingerprint density at radius 3 is 2.67 bits per heavy atom. The molecule has 0 heterocycles. The molecule has 1 aromatic carbocycles. The predicted octanol–water partition coefficient (Wildman–Crippen LogP) is 1.12. The van der Waals surface area contributed by atoms with Gasteiger partial charge in [-0.2, -0.15) is 0 Å². The fourth-order valence-corrected chi connectivity index (χ4v) is 1.26. The molecule has 1 aromatic rings. The lowest BCUT2D eigenvalue weighted by atomic mass is 10.1. The Labute approximate surface area is 103 Å². The van der Waals surface area contributed by atoms with Crippen molar-refractivity contribution in [3.63, 3.8) is 0 Å². The van der Waals surface area contributed by atoms with E-state index in [4.69, 9.17) is 9.84 Å². The fraction of sp³-hybridized carbons (Fsp3) is 0.364. The van der Waals surface area contributed by atoms with Crippen LogP contribution in [0, 0.1) is 17.0 Å². The molecule has 0 amide bonds. The van der Waals surface area contributed by atoms with Crippen molar-refractivity contribution in [2.75, 3.05) is 6.61 Å². The quantitative estimate of drug-likeness (QED) is 0.602. The second-order valence-electron chi connectivity index (χ2n) is 4.05. The Hall–Kier alpha value is -2.15. The second-order valence-corrected chi connectivity index (χ2v) is 4.05. The normalized spacial score (nSPS) is 13.7. The number of hydrogen-bond donors (Lipinski definition) is 2. The maximum atomic E-state index is 10.8. The van der Waals surface area contributed by atoms with Crippen LogP contribution in [-0.4, -0.2) is 33.3 Å². The van der Waals surface area contributed by atoms with E-state index in [0.717, 1.165) is 6.92 Å². The van der Waals surface area contributed by atoms with Crippen LogP contribution in [0.4, 0.5) is 5.69 Å². The van der Waals surface area contributed by atoms with Crippen molar-refractivity contribution in [3.8, 4) is 5.75 Å². The van der Waals surface area contributed by atoms with E-state index in [-0.39, 0.29) is 11.4 Å². The monoisotopic (exact) mass is 255 g/mol. The summed E-state index contributed by atoms with van der Waals surface area (Å²) in [5.74, 6) is -1.53. The summed E-state index contributed by atoms with van der Waals surface area (Å²) in [4.78, 5) is 20.9. The molecule has 0 aromatic heterocycles. The van der Waals surface area contributed by atoms with E-state index < -0.39 is 23.1 Å². The number of nitro benzene ring substituents is 1. The third kappa shape index (κ3) is 2.95. The molecule has 2 N–H and O–H groups in total. The van der Waals surface area contributed by atoms with Gasteiger partial charge in [-0.15, -0.1) is 0 Å². The molecular formula is C11H13NO6. The number of nitrogens with zero attached hydrogens (tertiary/aromatic N) is 1. The lowest BCUT2D eigenvalue weighted by Gasteiger charge is -2.18. The first kappa shape index (κ1) is 13.9. The predicted molar refractivity (Wildman–Crippen MR) is 61.6 cm³/mol. The zero-order valence-electron chi connectivity index (χ0n) is 9.91. The second kappa shape index (κ2) is 5.01. The molecule has 0 radical (unpaired) electrons. The molecule has 0 saturated carbocycles. The topological polar surface area (TPSA) is 110 Å². The molecule has 0 saturated heterocycles. The number of aliphatic hydroxyl groups is 1. The molecule has 1 atom stereocenters. The Morgan fingerprint density at radius 2 is 2.17 bits per heavy atom. The van der Waals surface area contributed by atoms with Crippen molar-refractivity contribution in [2.24, 2.45) is 0 Å².